The van der Waals surface area contributed by atoms with Crippen LogP contribution in [-0.2, 0) is 26.1 Å². The lowest BCUT2D eigenvalue weighted by Gasteiger charge is -2.52. The molecule has 0 radical (unpaired) electrons. The first-order valence-electron chi connectivity index (χ1n) is 7.65. The van der Waals surface area contributed by atoms with E-state index in [0.717, 1.165) is 18.4 Å². The normalized spacial score (nSPS) is 25.0. The standard InChI is InChI=1S/C15H22N2O4S/c1-2-22(18,19)17-11-15(12-17)8-14(5-7-21-15)20-10-13-4-3-6-16-9-13/h3-4,6,9,14H,2,5,7-8,10-12H2,1H3. The van der Waals surface area contributed by atoms with Crippen molar-refractivity contribution in [3.63, 3.8) is 0 Å². The molecule has 1 aromatic rings. The maximum atomic E-state index is 11.8. The Bertz CT molecular complexity index is 599. The summed E-state index contributed by atoms with van der Waals surface area (Å²) in [5.41, 5.74) is 0.701. The van der Waals surface area contributed by atoms with Gasteiger partial charge in [-0.3, -0.25) is 4.98 Å². The lowest BCUT2D eigenvalue weighted by atomic mass is 9.86. The quantitative estimate of drug-likeness (QED) is 0.813. The molecule has 2 aliphatic heterocycles. The second kappa shape index (κ2) is 6.23. The minimum absolute atomic E-state index is 0.112. The van der Waals surface area contributed by atoms with Gasteiger partial charge in [0.1, 0.15) is 0 Å². The first-order chi connectivity index (χ1) is 10.5. The Hall–Kier alpha value is -1.02. The average Bonchev–Trinajstić information content (AvgIpc) is 2.52. The second-order valence-corrected chi connectivity index (χ2v) is 8.24. The molecule has 1 unspecified atom stereocenters. The van der Waals surface area contributed by atoms with Crippen LogP contribution < -0.4 is 0 Å². The molecule has 122 valence electrons. The van der Waals surface area contributed by atoms with E-state index in [9.17, 15) is 8.42 Å². The summed E-state index contributed by atoms with van der Waals surface area (Å²) in [5.74, 6) is 0.143. The summed E-state index contributed by atoms with van der Waals surface area (Å²) < 4.78 is 37.0. The van der Waals surface area contributed by atoms with Crippen LogP contribution in [0.15, 0.2) is 24.5 Å². The van der Waals surface area contributed by atoms with E-state index in [4.69, 9.17) is 9.47 Å². The first-order valence-corrected chi connectivity index (χ1v) is 9.26. The molecule has 22 heavy (non-hydrogen) atoms. The highest BCUT2D eigenvalue weighted by Gasteiger charge is 2.51. The van der Waals surface area contributed by atoms with E-state index in [1.807, 2.05) is 12.1 Å². The molecule has 0 amide bonds. The molecule has 1 spiro atoms. The van der Waals surface area contributed by atoms with E-state index in [2.05, 4.69) is 4.98 Å². The van der Waals surface area contributed by atoms with E-state index in [1.165, 1.54) is 4.31 Å². The number of rotatable bonds is 5. The minimum Gasteiger partial charge on any atom is -0.373 e. The van der Waals surface area contributed by atoms with Gasteiger partial charge < -0.3 is 9.47 Å². The zero-order chi connectivity index (χ0) is 15.6. The van der Waals surface area contributed by atoms with Crippen molar-refractivity contribution >= 4 is 10.0 Å². The van der Waals surface area contributed by atoms with Crippen LogP contribution in [0, 0.1) is 0 Å². The topological polar surface area (TPSA) is 68.7 Å². The van der Waals surface area contributed by atoms with Crippen LogP contribution in [-0.4, -0.2) is 54.9 Å². The van der Waals surface area contributed by atoms with Crippen molar-refractivity contribution in [2.75, 3.05) is 25.4 Å². The summed E-state index contributed by atoms with van der Waals surface area (Å²) >= 11 is 0. The molecule has 1 aromatic heterocycles. The fourth-order valence-corrected chi connectivity index (χ4v) is 4.25. The maximum Gasteiger partial charge on any atom is 0.214 e. The maximum absolute atomic E-state index is 11.8. The highest BCUT2D eigenvalue weighted by molar-refractivity contribution is 7.89. The number of hydrogen-bond donors (Lipinski definition) is 0. The van der Waals surface area contributed by atoms with Crippen LogP contribution in [0.2, 0.25) is 0 Å². The molecule has 0 aromatic carbocycles. The van der Waals surface area contributed by atoms with Crippen LogP contribution in [0.4, 0.5) is 0 Å². The summed E-state index contributed by atoms with van der Waals surface area (Å²) in [6, 6.07) is 3.88. The fraction of sp³-hybridized carbons (Fsp3) is 0.667. The van der Waals surface area contributed by atoms with Crippen molar-refractivity contribution < 1.29 is 17.9 Å². The van der Waals surface area contributed by atoms with Crippen molar-refractivity contribution in [3.8, 4) is 0 Å². The Morgan fingerprint density at radius 2 is 2.32 bits per heavy atom. The lowest BCUT2D eigenvalue weighted by Crippen LogP contribution is -2.67. The number of nitrogens with zero attached hydrogens (tertiary/aromatic N) is 2. The van der Waals surface area contributed by atoms with E-state index in [1.54, 1.807) is 19.3 Å². The summed E-state index contributed by atoms with van der Waals surface area (Å²) in [5, 5.41) is 0. The molecule has 6 nitrogen and oxygen atoms in total. The monoisotopic (exact) mass is 326 g/mol. The summed E-state index contributed by atoms with van der Waals surface area (Å²) in [4.78, 5) is 4.07. The third-order valence-corrected chi connectivity index (χ3v) is 6.12. The highest BCUT2D eigenvalue weighted by atomic mass is 32.2. The Morgan fingerprint density at radius 3 is 3.00 bits per heavy atom. The predicted octanol–water partition coefficient (Wildman–Crippen LogP) is 1.18. The van der Waals surface area contributed by atoms with E-state index in [-0.39, 0.29) is 17.5 Å². The molecule has 0 bridgehead atoms. The third-order valence-electron chi connectivity index (χ3n) is 4.34. The van der Waals surface area contributed by atoms with E-state index in [0.29, 0.717) is 26.3 Å². The van der Waals surface area contributed by atoms with E-state index >= 15 is 0 Å². The molecule has 0 saturated carbocycles. The van der Waals surface area contributed by atoms with Gasteiger partial charge in [0.15, 0.2) is 0 Å². The molecule has 0 N–H and O–H groups in total. The molecular weight excluding hydrogens is 304 g/mol. The van der Waals surface area contributed by atoms with Crippen molar-refractivity contribution in [2.45, 2.75) is 38.1 Å². The van der Waals surface area contributed by atoms with Gasteiger partial charge in [-0.05, 0) is 25.0 Å². The zero-order valence-electron chi connectivity index (χ0n) is 12.8. The first kappa shape index (κ1) is 15.9. The van der Waals surface area contributed by atoms with Gasteiger partial charge >= 0.3 is 0 Å². The number of sulfonamides is 1. The van der Waals surface area contributed by atoms with Crippen LogP contribution in [0.25, 0.3) is 0 Å². The van der Waals surface area contributed by atoms with Crippen molar-refractivity contribution in [2.24, 2.45) is 0 Å². The van der Waals surface area contributed by atoms with Crippen LogP contribution >= 0.6 is 0 Å². The number of ether oxygens (including phenoxy) is 2. The largest absolute Gasteiger partial charge is 0.373 e. The molecule has 0 aliphatic carbocycles. The molecule has 3 rings (SSSR count). The van der Waals surface area contributed by atoms with Gasteiger partial charge in [-0.1, -0.05) is 6.07 Å². The molecule has 2 saturated heterocycles. The molecular formula is C15H22N2O4S. The van der Waals surface area contributed by atoms with Gasteiger partial charge in [-0.25, -0.2) is 8.42 Å². The second-order valence-electron chi connectivity index (χ2n) is 5.99. The minimum atomic E-state index is -3.11. The van der Waals surface area contributed by atoms with Crippen LogP contribution in [0.5, 0.6) is 0 Å². The molecule has 1 atom stereocenters. The number of pyridine rings is 1. The smallest absolute Gasteiger partial charge is 0.214 e. The van der Waals surface area contributed by atoms with Crippen LogP contribution in [0.1, 0.15) is 25.3 Å². The lowest BCUT2D eigenvalue weighted by molar-refractivity contribution is -0.180. The van der Waals surface area contributed by atoms with Crippen molar-refractivity contribution in [1.29, 1.82) is 0 Å². The summed E-state index contributed by atoms with van der Waals surface area (Å²) in [6.45, 7) is 3.73. The van der Waals surface area contributed by atoms with Crippen LogP contribution in [0.3, 0.4) is 0 Å². The summed E-state index contributed by atoms with van der Waals surface area (Å²) in [7, 11) is -3.11. The van der Waals surface area contributed by atoms with Gasteiger partial charge in [-0.2, -0.15) is 4.31 Å². The Morgan fingerprint density at radius 1 is 1.50 bits per heavy atom. The Labute approximate surface area is 131 Å². The van der Waals surface area contributed by atoms with Gasteiger partial charge in [0.2, 0.25) is 10.0 Å². The van der Waals surface area contributed by atoms with E-state index < -0.39 is 10.0 Å². The fourth-order valence-electron chi connectivity index (χ4n) is 3.02. The van der Waals surface area contributed by atoms with Gasteiger partial charge in [0.05, 0.1) is 24.1 Å². The Kier molecular flexibility index (Phi) is 4.49. The number of aromatic nitrogens is 1. The van der Waals surface area contributed by atoms with Crippen molar-refractivity contribution in [1.82, 2.24) is 9.29 Å². The van der Waals surface area contributed by atoms with Gasteiger partial charge in [0.25, 0.3) is 0 Å². The Balaban J connectivity index is 1.53. The number of hydrogen-bond acceptors (Lipinski definition) is 5. The molecule has 3 heterocycles. The molecule has 2 fully saturated rings. The molecule has 7 heteroatoms. The van der Waals surface area contributed by atoms with Crippen molar-refractivity contribution in [3.05, 3.63) is 30.1 Å². The van der Waals surface area contributed by atoms with Gasteiger partial charge in [0, 0.05) is 38.5 Å². The molecule has 2 aliphatic rings. The summed E-state index contributed by atoms with van der Waals surface area (Å²) in [6.07, 6.45) is 5.25. The SMILES string of the molecule is CCS(=O)(=O)N1CC2(CC(OCc3cccnc3)CCO2)C1. The highest BCUT2D eigenvalue weighted by Crippen LogP contribution is 2.37. The predicted molar refractivity (Wildman–Crippen MR) is 81.8 cm³/mol. The third kappa shape index (κ3) is 3.32. The van der Waals surface area contributed by atoms with Gasteiger partial charge in [-0.15, -0.1) is 0 Å². The average molecular weight is 326 g/mol. The zero-order valence-corrected chi connectivity index (χ0v) is 13.6.